The molecule has 0 radical (unpaired) electrons. The lowest BCUT2D eigenvalue weighted by molar-refractivity contribution is -0.384. The van der Waals surface area contributed by atoms with Crippen molar-refractivity contribution in [2.45, 2.75) is 19.9 Å². The maximum Gasteiger partial charge on any atom is 0.338 e. The van der Waals surface area contributed by atoms with E-state index < -0.39 is 16.9 Å². The summed E-state index contributed by atoms with van der Waals surface area (Å²) >= 11 is 1.20. The lowest BCUT2D eigenvalue weighted by atomic mass is 9.96. The summed E-state index contributed by atoms with van der Waals surface area (Å²) in [6.07, 6.45) is 1.63. The molecule has 186 valence electrons. The van der Waals surface area contributed by atoms with Gasteiger partial charge in [0.05, 0.1) is 33.4 Å². The highest BCUT2D eigenvalue weighted by Gasteiger charge is 2.33. The molecule has 2 aromatic carbocycles. The van der Waals surface area contributed by atoms with Crippen LogP contribution in [-0.2, 0) is 9.53 Å². The van der Waals surface area contributed by atoms with Gasteiger partial charge in [-0.3, -0.25) is 19.5 Å². The molecule has 0 spiro atoms. The number of aromatic nitrogens is 1. The van der Waals surface area contributed by atoms with Crippen LogP contribution in [0.1, 0.15) is 31.2 Å². The molecular formula is C27H21N3O6S. The van der Waals surface area contributed by atoms with Crippen molar-refractivity contribution < 1.29 is 18.9 Å². The number of nitro benzene ring substituents is 1. The Hall–Kier alpha value is -4.57. The van der Waals surface area contributed by atoms with E-state index in [0.29, 0.717) is 37.7 Å². The van der Waals surface area contributed by atoms with E-state index in [9.17, 15) is 19.7 Å². The second-order valence-corrected chi connectivity index (χ2v) is 9.23. The molecule has 37 heavy (non-hydrogen) atoms. The molecule has 1 aliphatic heterocycles. The van der Waals surface area contributed by atoms with Crippen LogP contribution in [0.15, 0.2) is 92.2 Å². The van der Waals surface area contributed by atoms with Gasteiger partial charge < -0.3 is 9.15 Å². The van der Waals surface area contributed by atoms with E-state index >= 15 is 0 Å². The van der Waals surface area contributed by atoms with Gasteiger partial charge >= 0.3 is 5.97 Å². The fourth-order valence-corrected chi connectivity index (χ4v) is 5.23. The van der Waals surface area contributed by atoms with Crippen molar-refractivity contribution in [2.24, 2.45) is 4.99 Å². The number of carbonyl (C=O) groups excluding carboxylic acids is 1. The maximum atomic E-state index is 13.6. The minimum Gasteiger partial charge on any atom is -0.463 e. The number of hydrogen-bond donors (Lipinski definition) is 0. The summed E-state index contributed by atoms with van der Waals surface area (Å²) in [4.78, 5) is 42.0. The molecule has 1 unspecified atom stereocenters. The highest BCUT2D eigenvalue weighted by molar-refractivity contribution is 7.07. The van der Waals surface area contributed by atoms with Crippen LogP contribution < -0.4 is 14.9 Å². The Balaban J connectivity index is 1.59. The Bertz CT molecular complexity index is 1710. The first-order valence-corrected chi connectivity index (χ1v) is 12.3. The largest absolute Gasteiger partial charge is 0.463 e. The first-order valence-electron chi connectivity index (χ1n) is 11.5. The fraction of sp³-hybridized carbons (Fsp3) is 0.148. The molecule has 0 aliphatic carbocycles. The van der Waals surface area contributed by atoms with Gasteiger partial charge in [-0.05, 0) is 43.7 Å². The zero-order valence-corrected chi connectivity index (χ0v) is 20.7. The third-order valence-electron chi connectivity index (χ3n) is 5.90. The number of non-ortho nitro benzene ring substituents is 1. The molecule has 9 nitrogen and oxygen atoms in total. The van der Waals surface area contributed by atoms with Crippen molar-refractivity contribution in [2.75, 3.05) is 6.61 Å². The van der Waals surface area contributed by atoms with Gasteiger partial charge in [0.25, 0.3) is 11.2 Å². The van der Waals surface area contributed by atoms with Gasteiger partial charge in [-0.15, -0.1) is 0 Å². The van der Waals surface area contributed by atoms with Crippen LogP contribution in [0, 0.1) is 10.1 Å². The van der Waals surface area contributed by atoms with E-state index in [4.69, 9.17) is 9.15 Å². The van der Waals surface area contributed by atoms with E-state index in [1.54, 1.807) is 44.2 Å². The first-order chi connectivity index (χ1) is 17.9. The smallest absolute Gasteiger partial charge is 0.338 e. The SMILES string of the molecule is CCOC(=O)C1=C(C)N=c2s/c(=C\c3ccc(-c4ccc([N+](=O)[O-])cc4)o3)c(=O)n2C1c1ccccc1. The van der Waals surface area contributed by atoms with Gasteiger partial charge in [-0.25, -0.2) is 9.79 Å². The highest BCUT2D eigenvalue weighted by Crippen LogP contribution is 2.30. The average Bonchev–Trinajstić information content (AvgIpc) is 3.48. The van der Waals surface area contributed by atoms with Gasteiger partial charge in [0, 0.05) is 23.8 Å². The summed E-state index contributed by atoms with van der Waals surface area (Å²) in [5.74, 6) is 0.443. The van der Waals surface area contributed by atoms with Gasteiger partial charge in [-0.2, -0.15) is 0 Å². The summed E-state index contributed by atoms with van der Waals surface area (Å²) in [7, 11) is 0. The molecule has 0 saturated carbocycles. The van der Waals surface area contributed by atoms with Crippen LogP contribution in [0.3, 0.4) is 0 Å². The molecule has 4 aromatic rings. The number of nitro groups is 1. The Morgan fingerprint density at radius 3 is 2.57 bits per heavy atom. The number of esters is 1. The van der Waals surface area contributed by atoms with Crippen molar-refractivity contribution in [3.05, 3.63) is 119 Å². The van der Waals surface area contributed by atoms with E-state index in [2.05, 4.69) is 4.99 Å². The Labute approximate surface area is 214 Å². The number of ether oxygens (including phenoxy) is 1. The van der Waals surface area contributed by atoms with Gasteiger partial charge in [-0.1, -0.05) is 41.7 Å². The van der Waals surface area contributed by atoms with Crippen molar-refractivity contribution in [1.82, 2.24) is 4.57 Å². The van der Waals surface area contributed by atoms with Crippen LogP contribution in [-0.4, -0.2) is 22.1 Å². The number of nitrogens with zero attached hydrogens (tertiary/aromatic N) is 3. The predicted octanol–water partition coefficient (Wildman–Crippen LogP) is 3.97. The van der Waals surface area contributed by atoms with Crippen LogP contribution in [0.25, 0.3) is 17.4 Å². The Morgan fingerprint density at radius 2 is 1.89 bits per heavy atom. The van der Waals surface area contributed by atoms with Crippen molar-refractivity contribution in [3.8, 4) is 11.3 Å². The van der Waals surface area contributed by atoms with Crippen molar-refractivity contribution in [1.29, 1.82) is 0 Å². The normalized spacial score (nSPS) is 15.3. The molecule has 2 aromatic heterocycles. The molecular weight excluding hydrogens is 494 g/mol. The van der Waals surface area contributed by atoms with E-state index in [-0.39, 0.29) is 17.9 Å². The molecule has 1 atom stereocenters. The molecule has 0 fully saturated rings. The zero-order chi connectivity index (χ0) is 26.1. The summed E-state index contributed by atoms with van der Waals surface area (Å²) in [6.45, 7) is 3.67. The summed E-state index contributed by atoms with van der Waals surface area (Å²) in [5, 5.41) is 10.9. The second-order valence-electron chi connectivity index (χ2n) is 8.22. The first kappa shape index (κ1) is 24.1. The number of fused-ring (bicyclic) bond motifs is 1. The number of allylic oxidation sites excluding steroid dienone is 1. The van der Waals surface area contributed by atoms with E-state index in [0.717, 1.165) is 5.56 Å². The number of hydrogen-bond acceptors (Lipinski definition) is 8. The third-order valence-corrected chi connectivity index (χ3v) is 6.88. The highest BCUT2D eigenvalue weighted by atomic mass is 32.1. The molecule has 0 N–H and O–H groups in total. The van der Waals surface area contributed by atoms with Crippen LogP contribution in [0.2, 0.25) is 0 Å². The topological polar surface area (TPSA) is 117 Å². The van der Waals surface area contributed by atoms with Crippen LogP contribution in [0.5, 0.6) is 0 Å². The molecule has 3 heterocycles. The van der Waals surface area contributed by atoms with Crippen LogP contribution >= 0.6 is 11.3 Å². The zero-order valence-electron chi connectivity index (χ0n) is 19.9. The fourth-order valence-electron chi connectivity index (χ4n) is 4.20. The van der Waals surface area contributed by atoms with Gasteiger partial charge in [0.2, 0.25) is 0 Å². The van der Waals surface area contributed by atoms with Crippen LogP contribution in [0.4, 0.5) is 5.69 Å². The number of thiazole rings is 1. The molecule has 1 aliphatic rings. The average molecular weight is 516 g/mol. The van der Waals surface area contributed by atoms with Gasteiger partial charge in [0.15, 0.2) is 4.80 Å². The molecule has 0 bridgehead atoms. The number of carbonyl (C=O) groups is 1. The standard InChI is InChI=1S/C27H21N3O6S/c1-3-35-26(32)23-16(2)28-27-29(24(23)18-7-5-4-6-8-18)25(31)22(37-27)15-20-13-14-21(36-20)17-9-11-19(12-10-17)30(33)34/h4-15,24H,3H2,1-2H3/b22-15-. The quantitative estimate of drug-likeness (QED) is 0.218. The molecule has 5 rings (SSSR count). The minimum atomic E-state index is -0.675. The number of furan rings is 1. The van der Waals surface area contributed by atoms with Crippen molar-refractivity contribution in [3.63, 3.8) is 0 Å². The van der Waals surface area contributed by atoms with Crippen molar-refractivity contribution >= 4 is 29.1 Å². The monoisotopic (exact) mass is 515 g/mol. The predicted molar refractivity (Wildman–Crippen MR) is 138 cm³/mol. The second kappa shape index (κ2) is 9.82. The third kappa shape index (κ3) is 4.54. The van der Waals surface area contributed by atoms with Gasteiger partial charge in [0.1, 0.15) is 11.5 Å². The minimum absolute atomic E-state index is 0.0120. The number of benzene rings is 2. The molecule has 0 saturated heterocycles. The summed E-state index contributed by atoms with van der Waals surface area (Å²) in [5.41, 5.74) is 1.95. The lowest BCUT2D eigenvalue weighted by Gasteiger charge is -2.24. The molecule has 0 amide bonds. The lowest BCUT2D eigenvalue weighted by Crippen LogP contribution is -2.39. The maximum absolute atomic E-state index is 13.6. The Kier molecular flexibility index (Phi) is 6.41. The summed E-state index contributed by atoms with van der Waals surface area (Å²) in [6, 6.07) is 18.1. The Morgan fingerprint density at radius 1 is 1.16 bits per heavy atom. The number of rotatable bonds is 6. The summed E-state index contributed by atoms with van der Waals surface area (Å²) < 4.78 is 13.1. The van der Waals surface area contributed by atoms with E-state index in [1.165, 1.54) is 28.0 Å². The molecule has 10 heteroatoms. The van der Waals surface area contributed by atoms with E-state index in [1.807, 2.05) is 30.3 Å².